The van der Waals surface area contributed by atoms with Gasteiger partial charge in [-0.2, -0.15) is 0 Å². The largest absolute Gasteiger partial charge is 0.441 e. The van der Waals surface area contributed by atoms with Crippen molar-refractivity contribution < 1.29 is 8.95 Å². The molecule has 1 rings (SSSR count). The normalized spacial score (nSPS) is 13.3. The third-order valence-electron chi connectivity index (χ3n) is 3.88. The molecule has 0 fully saturated rings. The Bertz CT molecular complexity index is 509. The van der Waals surface area contributed by atoms with Gasteiger partial charge in [0.15, 0.2) is 14.1 Å². The SMILES string of the molecule is Cc1noc(=O)n1C/C=C/CCO[Si](C)(C)C(C)(C)C. The lowest BCUT2D eigenvalue weighted by Crippen LogP contribution is -2.40. The number of hydrogen-bond donors (Lipinski definition) is 0. The third kappa shape index (κ3) is 4.45. The van der Waals surface area contributed by atoms with E-state index in [1.165, 1.54) is 4.57 Å². The summed E-state index contributed by atoms with van der Waals surface area (Å²) in [5.41, 5.74) is 0. The van der Waals surface area contributed by atoms with Crippen molar-refractivity contribution in [1.29, 1.82) is 0 Å². The topological polar surface area (TPSA) is 57.3 Å². The molecule has 0 atom stereocenters. The highest BCUT2D eigenvalue weighted by Gasteiger charge is 2.36. The van der Waals surface area contributed by atoms with Gasteiger partial charge < -0.3 is 4.43 Å². The molecule has 0 saturated carbocycles. The van der Waals surface area contributed by atoms with Gasteiger partial charge in [-0.05, 0) is 31.5 Å². The minimum Gasteiger partial charge on any atom is -0.417 e. The first-order chi connectivity index (χ1) is 9.15. The summed E-state index contributed by atoms with van der Waals surface area (Å²) in [5.74, 6) is 0.182. The first kappa shape index (κ1) is 16.9. The van der Waals surface area contributed by atoms with Crippen LogP contribution in [0.15, 0.2) is 21.5 Å². The van der Waals surface area contributed by atoms with Crippen molar-refractivity contribution >= 4 is 8.32 Å². The summed E-state index contributed by atoms with van der Waals surface area (Å²) in [6.07, 6.45) is 4.83. The number of nitrogens with zero attached hydrogens (tertiary/aromatic N) is 2. The lowest BCUT2D eigenvalue weighted by atomic mass is 10.2. The van der Waals surface area contributed by atoms with Gasteiger partial charge in [0.1, 0.15) is 0 Å². The van der Waals surface area contributed by atoms with Crippen molar-refractivity contribution in [2.75, 3.05) is 6.61 Å². The fourth-order valence-corrected chi connectivity index (χ4v) is 2.50. The van der Waals surface area contributed by atoms with Crippen LogP contribution < -0.4 is 5.76 Å². The number of hydrogen-bond acceptors (Lipinski definition) is 4. The maximum atomic E-state index is 11.3. The van der Waals surface area contributed by atoms with Crippen molar-refractivity contribution in [2.24, 2.45) is 0 Å². The third-order valence-corrected chi connectivity index (χ3v) is 8.41. The van der Waals surface area contributed by atoms with Crippen LogP contribution in [-0.2, 0) is 11.0 Å². The van der Waals surface area contributed by atoms with Crippen LogP contribution in [0.3, 0.4) is 0 Å². The summed E-state index contributed by atoms with van der Waals surface area (Å²) >= 11 is 0. The van der Waals surface area contributed by atoms with Crippen molar-refractivity contribution in [3.05, 3.63) is 28.5 Å². The van der Waals surface area contributed by atoms with Crippen LogP contribution in [0.4, 0.5) is 0 Å². The smallest absolute Gasteiger partial charge is 0.417 e. The van der Waals surface area contributed by atoms with E-state index in [1.54, 1.807) is 6.92 Å². The Morgan fingerprint density at radius 1 is 1.35 bits per heavy atom. The second kappa shape index (κ2) is 6.54. The average molecular weight is 298 g/mol. The summed E-state index contributed by atoms with van der Waals surface area (Å²) < 4.78 is 12.1. The van der Waals surface area contributed by atoms with Crippen LogP contribution in [0.1, 0.15) is 33.0 Å². The van der Waals surface area contributed by atoms with Crippen molar-refractivity contribution in [2.45, 2.75) is 58.8 Å². The maximum absolute atomic E-state index is 11.3. The molecular formula is C14H26N2O3Si. The molecule has 0 N–H and O–H groups in total. The Kier molecular flexibility index (Phi) is 5.53. The lowest BCUT2D eigenvalue weighted by Gasteiger charge is -2.36. The molecule has 0 radical (unpaired) electrons. The standard InChI is InChI=1S/C14H26N2O3Si/c1-12-15-19-13(17)16(12)10-8-7-9-11-18-20(5,6)14(2,3)4/h7-8H,9-11H2,1-6H3/b8-7+. The monoisotopic (exact) mass is 298 g/mol. The Hall–Kier alpha value is -1.14. The van der Waals surface area contributed by atoms with E-state index in [2.05, 4.69) is 43.5 Å². The molecule has 20 heavy (non-hydrogen) atoms. The summed E-state index contributed by atoms with van der Waals surface area (Å²) in [6.45, 7) is 14.2. The zero-order chi connectivity index (χ0) is 15.4. The molecule has 1 aromatic heterocycles. The van der Waals surface area contributed by atoms with Crippen LogP contribution in [0, 0.1) is 6.92 Å². The van der Waals surface area contributed by atoms with E-state index in [9.17, 15) is 4.79 Å². The predicted octanol–water partition coefficient (Wildman–Crippen LogP) is 3.11. The molecule has 0 aliphatic rings. The zero-order valence-electron chi connectivity index (χ0n) is 13.4. The molecule has 0 aromatic carbocycles. The lowest BCUT2D eigenvalue weighted by molar-refractivity contribution is 0.294. The van der Waals surface area contributed by atoms with E-state index in [0.29, 0.717) is 12.4 Å². The van der Waals surface area contributed by atoms with Crippen LogP contribution in [-0.4, -0.2) is 24.6 Å². The zero-order valence-corrected chi connectivity index (χ0v) is 14.4. The van der Waals surface area contributed by atoms with Gasteiger partial charge in [0.25, 0.3) is 0 Å². The minimum absolute atomic E-state index is 0.240. The van der Waals surface area contributed by atoms with Crippen LogP contribution >= 0.6 is 0 Å². The van der Waals surface area contributed by atoms with E-state index in [4.69, 9.17) is 4.43 Å². The van der Waals surface area contributed by atoms with Crippen molar-refractivity contribution in [1.82, 2.24) is 9.72 Å². The highest BCUT2D eigenvalue weighted by Crippen LogP contribution is 2.36. The first-order valence-corrected chi connectivity index (χ1v) is 9.88. The van der Waals surface area contributed by atoms with Gasteiger partial charge in [-0.15, -0.1) is 0 Å². The molecule has 0 saturated heterocycles. The highest BCUT2D eigenvalue weighted by molar-refractivity contribution is 6.74. The number of aryl methyl sites for hydroxylation is 1. The summed E-state index contributed by atoms with van der Waals surface area (Å²) in [6, 6.07) is 0. The molecule has 1 aromatic rings. The fourth-order valence-electron chi connectivity index (χ4n) is 1.44. The minimum atomic E-state index is -1.65. The van der Waals surface area contributed by atoms with Gasteiger partial charge in [-0.1, -0.05) is 38.1 Å². The second-order valence-corrected chi connectivity index (χ2v) is 11.3. The summed E-state index contributed by atoms with van der Waals surface area (Å²) in [5, 5.41) is 3.85. The predicted molar refractivity (Wildman–Crippen MR) is 82.4 cm³/mol. The summed E-state index contributed by atoms with van der Waals surface area (Å²) in [7, 11) is -1.65. The Balaban J connectivity index is 2.35. The van der Waals surface area contributed by atoms with Crippen LogP contribution in [0.2, 0.25) is 18.1 Å². The van der Waals surface area contributed by atoms with Crippen molar-refractivity contribution in [3.63, 3.8) is 0 Å². The molecule has 5 nitrogen and oxygen atoms in total. The Morgan fingerprint density at radius 3 is 2.50 bits per heavy atom. The number of rotatable bonds is 6. The number of aromatic nitrogens is 2. The van der Waals surface area contributed by atoms with Gasteiger partial charge in [0.2, 0.25) is 0 Å². The molecule has 6 heteroatoms. The second-order valence-electron chi connectivity index (χ2n) is 6.48. The van der Waals surface area contributed by atoms with Gasteiger partial charge >= 0.3 is 5.76 Å². The maximum Gasteiger partial charge on any atom is 0.441 e. The van der Waals surface area contributed by atoms with Crippen LogP contribution in [0.5, 0.6) is 0 Å². The van der Waals surface area contributed by atoms with Gasteiger partial charge in [0, 0.05) is 13.2 Å². The molecule has 0 unspecified atom stereocenters. The molecule has 0 aliphatic carbocycles. The first-order valence-electron chi connectivity index (χ1n) is 6.97. The Labute approximate surface area is 121 Å². The molecular weight excluding hydrogens is 272 g/mol. The van der Waals surface area contributed by atoms with Gasteiger partial charge in [-0.3, -0.25) is 9.09 Å². The quantitative estimate of drug-likeness (QED) is 0.460. The van der Waals surface area contributed by atoms with Crippen molar-refractivity contribution in [3.8, 4) is 0 Å². The Morgan fingerprint density at radius 2 is 2.00 bits per heavy atom. The van der Waals surface area contributed by atoms with E-state index < -0.39 is 14.1 Å². The molecule has 0 amide bonds. The average Bonchev–Trinajstić information content (AvgIpc) is 2.63. The van der Waals surface area contributed by atoms with E-state index in [1.807, 2.05) is 12.2 Å². The van der Waals surface area contributed by atoms with E-state index >= 15 is 0 Å². The molecule has 114 valence electrons. The molecule has 0 bridgehead atoms. The van der Waals surface area contributed by atoms with Crippen LogP contribution in [0.25, 0.3) is 0 Å². The van der Waals surface area contributed by atoms with E-state index in [-0.39, 0.29) is 5.04 Å². The summed E-state index contributed by atoms with van der Waals surface area (Å²) in [4.78, 5) is 11.3. The van der Waals surface area contributed by atoms with E-state index in [0.717, 1.165) is 13.0 Å². The fraction of sp³-hybridized carbons (Fsp3) is 0.714. The number of allylic oxidation sites excluding steroid dienone is 1. The molecule has 0 aliphatic heterocycles. The van der Waals surface area contributed by atoms with Gasteiger partial charge in [-0.25, -0.2) is 4.79 Å². The molecule has 1 heterocycles. The highest BCUT2D eigenvalue weighted by atomic mass is 28.4. The molecule has 0 spiro atoms. The van der Waals surface area contributed by atoms with Gasteiger partial charge in [0.05, 0.1) is 0 Å².